The Kier molecular flexibility index (Phi) is 6.98. The van der Waals surface area contributed by atoms with Gasteiger partial charge < -0.3 is 10.2 Å². The lowest BCUT2D eigenvalue weighted by Gasteiger charge is -2.24. The number of nitrogens with one attached hydrogen (secondary N) is 2. The van der Waals surface area contributed by atoms with Crippen LogP contribution in [0.25, 0.3) is 0 Å². The molecule has 0 bridgehead atoms. The van der Waals surface area contributed by atoms with Crippen LogP contribution in [0.1, 0.15) is 28.4 Å². The monoisotopic (exact) mass is 471 g/mol. The van der Waals surface area contributed by atoms with Crippen LogP contribution in [-0.4, -0.2) is 65.8 Å². The lowest BCUT2D eigenvalue weighted by molar-refractivity contribution is 0.0942. The van der Waals surface area contributed by atoms with Gasteiger partial charge >= 0.3 is 0 Å². The highest BCUT2D eigenvalue weighted by atomic mass is 32.2. The minimum absolute atomic E-state index is 0.00668. The number of nitrogens with zero attached hydrogens (tertiary/aromatic N) is 1. The van der Waals surface area contributed by atoms with E-state index in [4.69, 9.17) is 0 Å². The Labute approximate surface area is 181 Å². The van der Waals surface area contributed by atoms with E-state index < -0.39 is 25.9 Å². The summed E-state index contributed by atoms with van der Waals surface area (Å²) < 4.78 is 50.5. The number of benzene rings is 1. The van der Waals surface area contributed by atoms with Gasteiger partial charge in [0, 0.05) is 18.2 Å². The summed E-state index contributed by atoms with van der Waals surface area (Å²) in [5, 5.41) is 6.92. The maximum Gasteiger partial charge on any atom is 0.251 e. The van der Waals surface area contributed by atoms with Gasteiger partial charge in [-0.25, -0.2) is 21.6 Å². The maximum atomic E-state index is 12.5. The van der Waals surface area contributed by atoms with Crippen LogP contribution in [0.5, 0.6) is 0 Å². The fraction of sp³-hybridized carbons (Fsp3) is 0.421. The van der Waals surface area contributed by atoms with Crippen molar-refractivity contribution >= 4 is 37.1 Å². The van der Waals surface area contributed by atoms with Crippen molar-refractivity contribution in [2.24, 2.45) is 0 Å². The second-order valence-electron chi connectivity index (χ2n) is 7.49. The van der Waals surface area contributed by atoms with Crippen LogP contribution in [-0.2, 0) is 19.9 Å². The molecule has 0 spiro atoms. The Morgan fingerprint density at radius 1 is 1.23 bits per heavy atom. The number of rotatable bonds is 8. The number of sulfone groups is 1. The predicted molar refractivity (Wildman–Crippen MR) is 117 cm³/mol. The molecule has 0 saturated carbocycles. The van der Waals surface area contributed by atoms with E-state index >= 15 is 0 Å². The van der Waals surface area contributed by atoms with E-state index in [1.807, 2.05) is 35.8 Å². The summed E-state index contributed by atoms with van der Waals surface area (Å²) in [6.07, 6.45) is 0.263. The Morgan fingerprint density at radius 3 is 2.47 bits per heavy atom. The van der Waals surface area contributed by atoms with Gasteiger partial charge in [0.2, 0.25) is 10.0 Å². The molecule has 2 unspecified atom stereocenters. The van der Waals surface area contributed by atoms with E-state index in [2.05, 4.69) is 10.0 Å². The summed E-state index contributed by atoms with van der Waals surface area (Å²) in [7, 11) is -3.16. The van der Waals surface area contributed by atoms with Crippen LogP contribution in [0, 0.1) is 0 Å². The molecule has 1 saturated heterocycles. The maximum absolute atomic E-state index is 12.5. The number of amides is 1. The highest BCUT2D eigenvalue weighted by Gasteiger charge is 2.31. The zero-order valence-electron chi connectivity index (χ0n) is 16.7. The van der Waals surface area contributed by atoms with E-state index in [0.717, 1.165) is 5.56 Å². The topological polar surface area (TPSA) is 113 Å². The van der Waals surface area contributed by atoms with E-state index in [-0.39, 0.29) is 34.8 Å². The van der Waals surface area contributed by atoms with Gasteiger partial charge in [-0.05, 0) is 67.2 Å². The molecule has 0 radical (unpaired) electrons. The number of likely N-dealkylation sites (N-methyl/N-ethyl adjacent to an activating group) is 1. The van der Waals surface area contributed by atoms with Gasteiger partial charge in [-0.15, -0.1) is 0 Å². The third kappa shape index (κ3) is 5.67. The lowest BCUT2D eigenvalue weighted by Crippen LogP contribution is -2.35. The molecule has 0 aliphatic carbocycles. The SMILES string of the molecule is CN(C)C(CNC(=O)c1ccc(S(=O)(=O)NC2CCS(=O)(=O)C2)cc1)c1ccsc1. The first-order valence-electron chi connectivity index (χ1n) is 9.37. The molecule has 11 heteroatoms. The third-order valence-corrected chi connectivity index (χ3v) is 8.99. The molecule has 3 rings (SSSR count). The molecule has 1 fully saturated rings. The molecule has 2 atom stereocenters. The largest absolute Gasteiger partial charge is 0.350 e. The molecular weight excluding hydrogens is 446 g/mol. The Bertz CT molecular complexity index is 1080. The Hall–Kier alpha value is -1.79. The van der Waals surface area contributed by atoms with Gasteiger partial charge in [0.1, 0.15) is 0 Å². The average molecular weight is 472 g/mol. The normalized spacial score (nSPS) is 19.6. The van der Waals surface area contributed by atoms with Crippen molar-refractivity contribution in [3.8, 4) is 0 Å². The van der Waals surface area contributed by atoms with Gasteiger partial charge in [0.15, 0.2) is 9.84 Å². The van der Waals surface area contributed by atoms with Gasteiger partial charge in [0.25, 0.3) is 5.91 Å². The fourth-order valence-corrected chi connectivity index (χ4v) is 7.07. The van der Waals surface area contributed by atoms with Crippen molar-refractivity contribution in [1.29, 1.82) is 0 Å². The number of sulfonamides is 1. The summed E-state index contributed by atoms with van der Waals surface area (Å²) in [5.74, 6) is -0.501. The first kappa shape index (κ1) is 22.9. The van der Waals surface area contributed by atoms with Crippen LogP contribution in [0.4, 0.5) is 0 Å². The second-order valence-corrected chi connectivity index (χ2v) is 12.2. The first-order chi connectivity index (χ1) is 14.1. The molecule has 8 nitrogen and oxygen atoms in total. The zero-order valence-corrected chi connectivity index (χ0v) is 19.2. The minimum atomic E-state index is -3.85. The van der Waals surface area contributed by atoms with E-state index in [1.54, 1.807) is 11.3 Å². The quantitative estimate of drug-likeness (QED) is 0.599. The molecule has 1 aromatic carbocycles. The molecule has 2 N–H and O–H groups in total. The molecule has 1 amide bonds. The number of carbonyl (C=O) groups is 1. The van der Waals surface area contributed by atoms with Crippen LogP contribution in [0.15, 0.2) is 46.0 Å². The second kappa shape index (κ2) is 9.15. The van der Waals surface area contributed by atoms with Gasteiger partial charge in [0.05, 0.1) is 22.4 Å². The molecule has 2 heterocycles. The molecule has 1 aromatic heterocycles. The van der Waals surface area contributed by atoms with Crippen LogP contribution in [0.3, 0.4) is 0 Å². The fourth-order valence-electron chi connectivity index (χ4n) is 3.32. The number of hydrogen-bond donors (Lipinski definition) is 2. The molecule has 164 valence electrons. The van der Waals surface area contributed by atoms with Crippen molar-refractivity contribution in [1.82, 2.24) is 14.9 Å². The molecule has 2 aromatic rings. The summed E-state index contributed by atoms with van der Waals surface area (Å²) in [6, 6.07) is 7.03. The Morgan fingerprint density at radius 2 is 1.93 bits per heavy atom. The average Bonchev–Trinajstić information content (AvgIpc) is 3.31. The molecular formula is C19H25N3O5S3. The molecule has 1 aliphatic rings. The molecule has 1 aliphatic heterocycles. The summed E-state index contributed by atoms with van der Waals surface area (Å²) in [4.78, 5) is 14.5. The smallest absolute Gasteiger partial charge is 0.251 e. The van der Waals surface area contributed by atoms with E-state index in [9.17, 15) is 21.6 Å². The Balaban J connectivity index is 1.62. The summed E-state index contributed by atoms with van der Waals surface area (Å²) in [5.41, 5.74) is 1.46. The van der Waals surface area contributed by atoms with Crippen molar-refractivity contribution in [2.75, 3.05) is 32.1 Å². The van der Waals surface area contributed by atoms with Crippen LogP contribution in [0.2, 0.25) is 0 Å². The first-order valence-corrected chi connectivity index (χ1v) is 13.6. The molecule has 30 heavy (non-hydrogen) atoms. The lowest BCUT2D eigenvalue weighted by atomic mass is 10.1. The van der Waals surface area contributed by atoms with Crippen molar-refractivity contribution in [2.45, 2.75) is 23.4 Å². The van der Waals surface area contributed by atoms with Crippen LogP contribution < -0.4 is 10.0 Å². The van der Waals surface area contributed by atoms with Gasteiger partial charge in [-0.3, -0.25) is 4.79 Å². The van der Waals surface area contributed by atoms with E-state index in [1.165, 1.54) is 24.3 Å². The van der Waals surface area contributed by atoms with Crippen molar-refractivity contribution in [3.63, 3.8) is 0 Å². The van der Waals surface area contributed by atoms with Crippen molar-refractivity contribution < 1.29 is 21.6 Å². The number of hydrogen-bond acceptors (Lipinski definition) is 7. The highest BCUT2D eigenvalue weighted by molar-refractivity contribution is 7.92. The summed E-state index contributed by atoms with van der Waals surface area (Å²) >= 11 is 1.60. The van der Waals surface area contributed by atoms with E-state index in [0.29, 0.717) is 12.1 Å². The highest BCUT2D eigenvalue weighted by Crippen LogP contribution is 2.20. The summed E-state index contributed by atoms with van der Waals surface area (Å²) in [6.45, 7) is 0.417. The minimum Gasteiger partial charge on any atom is -0.350 e. The van der Waals surface area contributed by atoms with Gasteiger partial charge in [-0.2, -0.15) is 11.3 Å². The standard InChI is InChI=1S/C19H25N3O5S3/c1-22(2)18(15-7-9-28-12-15)11-20-19(23)14-3-5-17(6-4-14)30(26,27)21-16-8-10-29(24,25)13-16/h3-7,9,12,16,18,21H,8,10-11,13H2,1-2H3,(H,20,23). The zero-order chi connectivity index (χ0) is 21.9. The number of carbonyl (C=O) groups excluding carboxylic acids is 1. The predicted octanol–water partition coefficient (Wildman–Crippen LogP) is 1.25. The third-order valence-electron chi connectivity index (χ3n) is 4.99. The number of thiophene rings is 1. The van der Waals surface area contributed by atoms with Gasteiger partial charge in [-0.1, -0.05) is 0 Å². The van der Waals surface area contributed by atoms with Crippen molar-refractivity contribution in [3.05, 3.63) is 52.2 Å². The van der Waals surface area contributed by atoms with Crippen LogP contribution >= 0.6 is 11.3 Å².